The molecule has 4 saturated carbocycles. The molecule has 1 unspecified atom stereocenters. The third-order valence-electron chi connectivity index (χ3n) is 5.80. The number of aliphatic imine (C=N–C) groups is 1. The Morgan fingerprint density at radius 1 is 1.10 bits per heavy atom. The first-order chi connectivity index (χ1) is 10.0. The molecule has 0 heterocycles. The van der Waals surface area contributed by atoms with Gasteiger partial charge >= 0.3 is 0 Å². The molecule has 4 aliphatic rings. The molecular formula is C16H31N5. The highest BCUT2D eigenvalue weighted by molar-refractivity contribution is 5.75. The molecule has 0 spiro atoms. The largest absolute Gasteiger partial charge is 0.370 e. The lowest BCUT2D eigenvalue weighted by atomic mass is 9.53. The Hall–Kier alpha value is -0.810. The van der Waals surface area contributed by atoms with Gasteiger partial charge in [0.15, 0.2) is 5.96 Å². The van der Waals surface area contributed by atoms with Crippen LogP contribution >= 0.6 is 0 Å². The van der Waals surface area contributed by atoms with Crippen molar-refractivity contribution in [3.8, 4) is 0 Å². The molecule has 1 atom stereocenters. The van der Waals surface area contributed by atoms with E-state index in [-0.39, 0.29) is 12.0 Å². The molecule has 0 aromatic rings. The second-order valence-electron chi connectivity index (χ2n) is 7.79. The number of nitrogens with zero attached hydrogens (tertiary/aromatic N) is 1. The summed E-state index contributed by atoms with van der Waals surface area (Å²) >= 11 is 0. The molecular weight excluding hydrogens is 262 g/mol. The highest BCUT2D eigenvalue weighted by atomic mass is 15.0. The number of rotatable bonds is 7. The maximum absolute atomic E-state index is 6.25. The molecule has 5 heteroatoms. The zero-order chi connectivity index (χ0) is 14.9. The van der Waals surface area contributed by atoms with E-state index in [2.05, 4.69) is 10.3 Å². The van der Waals surface area contributed by atoms with Gasteiger partial charge in [-0.3, -0.25) is 4.99 Å². The van der Waals surface area contributed by atoms with Crippen LogP contribution in [0, 0.1) is 17.8 Å². The van der Waals surface area contributed by atoms with Gasteiger partial charge in [0.05, 0.1) is 0 Å². The zero-order valence-corrected chi connectivity index (χ0v) is 13.1. The fourth-order valence-electron chi connectivity index (χ4n) is 5.34. The average Bonchev–Trinajstić information content (AvgIpc) is 2.40. The van der Waals surface area contributed by atoms with Gasteiger partial charge in [-0.1, -0.05) is 0 Å². The molecule has 0 saturated heterocycles. The third kappa shape index (κ3) is 3.69. The molecule has 0 aromatic heterocycles. The smallest absolute Gasteiger partial charge is 0.185 e. The topological polar surface area (TPSA) is 102 Å². The van der Waals surface area contributed by atoms with E-state index in [9.17, 15) is 0 Å². The van der Waals surface area contributed by atoms with Gasteiger partial charge in [0.1, 0.15) is 0 Å². The van der Waals surface area contributed by atoms with Gasteiger partial charge in [0.2, 0.25) is 0 Å². The van der Waals surface area contributed by atoms with Crippen molar-refractivity contribution in [2.24, 2.45) is 39.9 Å². The lowest BCUT2D eigenvalue weighted by Crippen LogP contribution is -2.60. The third-order valence-corrected chi connectivity index (χ3v) is 5.80. The van der Waals surface area contributed by atoms with Crippen molar-refractivity contribution in [3.05, 3.63) is 0 Å². The maximum Gasteiger partial charge on any atom is 0.185 e. The fraction of sp³-hybridized carbons (Fsp3) is 0.938. The Balaban J connectivity index is 1.41. The van der Waals surface area contributed by atoms with Gasteiger partial charge in [-0.2, -0.15) is 0 Å². The Morgan fingerprint density at radius 3 is 2.19 bits per heavy atom. The molecule has 0 aliphatic heterocycles. The van der Waals surface area contributed by atoms with E-state index in [0.717, 1.165) is 37.1 Å². The SMILES string of the molecule is NC(N)=NCCCC(N)CNC12CC3CC(CC(C3)C1)C2. The van der Waals surface area contributed by atoms with E-state index in [1.807, 2.05) is 0 Å². The van der Waals surface area contributed by atoms with Crippen molar-refractivity contribution in [1.29, 1.82) is 0 Å². The van der Waals surface area contributed by atoms with Crippen LogP contribution in [0.15, 0.2) is 4.99 Å². The zero-order valence-electron chi connectivity index (χ0n) is 13.1. The molecule has 5 nitrogen and oxygen atoms in total. The summed E-state index contributed by atoms with van der Waals surface area (Å²) < 4.78 is 0. The van der Waals surface area contributed by atoms with Crippen LogP contribution in [0.1, 0.15) is 51.4 Å². The molecule has 4 aliphatic carbocycles. The number of nitrogens with one attached hydrogen (secondary N) is 1. The van der Waals surface area contributed by atoms with Crippen LogP contribution < -0.4 is 22.5 Å². The highest BCUT2D eigenvalue weighted by Crippen LogP contribution is 2.55. The second-order valence-corrected chi connectivity index (χ2v) is 7.79. The van der Waals surface area contributed by atoms with Crippen molar-refractivity contribution in [3.63, 3.8) is 0 Å². The fourth-order valence-corrected chi connectivity index (χ4v) is 5.34. The van der Waals surface area contributed by atoms with E-state index in [0.29, 0.717) is 12.1 Å². The molecule has 0 aromatic carbocycles. The van der Waals surface area contributed by atoms with E-state index in [4.69, 9.17) is 17.2 Å². The maximum atomic E-state index is 6.25. The van der Waals surface area contributed by atoms with Gasteiger partial charge in [-0.15, -0.1) is 0 Å². The van der Waals surface area contributed by atoms with E-state index in [1.165, 1.54) is 38.5 Å². The first kappa shape index (κ1) is 15.1. The number of guanidine groups is 1. The minimum absolute atomic E-state index is 0.176. The molecule has 0 radical (unpaired) electrons. The lowest BCUT2D eigenvalue weighted by Gasteiger charge is -2.57. The molecule has 21 heavy (non-hydrogen) atoms. The summed E-state index contributed by atoms with van der Waals surface area (Å²) in [7, 11) is 0. The van der Waals surface area contributed by atoms with Crippen molar-refractivity contribution >= 4 is 5.96 Å². The quantitative estimate of drug-likeness (QED) is 0.318. The Labute approximate surface area is 128 Å². The normalized spacial score (nSPS) is 38.4. The standard InChI is InChI=1S/C16H31N5/c17-14(2-1-3-20-15(18)19)10-21-16-7-11-4-12(8-16)6-13(5-11)9-16/h11-14,21H,1-10,17H2,(H4,18,19,20). The summed E-state index contributed by atoms with van der Waals surface area (Å²) in [5, 5.41) is 3.87. The van der Waals surface area contributed by atoms with Crippen LogP contribution in [0.25, 0.3) is 0 Å². The molecule has 120 valence electrons. The van der Waals surface area contributed by atoms with Crippen LogP contribution in [0.5, 0.6) is 0 Å². The summed E-state index contributed by atoms with van der Waals surface area (Å²) in [6.45, 7) is 1.63. The number of nitrogens with two attached hydrogens (primary N) is 3. The van der Waals surface area contributed by atoms with Crippen molar-refractivity contribution in [2.45, 2.75) is 62.9 Å². The summed E-state index contributed by atoms with van der Waals surface area (Å²) in [6, 6.07) is 0.215. The summed E-state index contributed by atoms with van der Waals surface area (Å²) in [5.74, 6) is 3.14. The monoisotopic (exact) mass is 293 g/mol. The minimum Gasteiger partial charge on any atom is -0.370 e. The van der Waals surface area contributed by atoms with E-state index < -0.39 is 0 Å². The molecule has 7 N–H and O–H groups in total. The molecule has 4 bridgehead atoms. The molecule has 0 amide bonds. The Morgan fingerprint density at radius 2 is 1.67 bits per heavy atom. The average molecular weight is 293 g/mol. The molecule has 4 rings (SSSR count). The van der Waals surface area contributed by atoms with Crippen molar-refractivity contribution in [2.75, 3.05) is 13.1 Å². The summed E-state index contributed by atoms with van der Waals surface area (Å²) in [5.41, 5.74) is 17.3. The number of hydrogen-bond donors (Lipinski definition) is 4. The van der Waals surface area contributed by atoms with Gasteiger partial charge in [0, 0.05) is 24.7 Å². The predicted octanol–water partition coefficient (Wildman–Crippen LogP) is 0.926. The van der Waals surface area contributed by atoms with Gasteiger partial charge in [0.25, 0.3) is 0 Å². The van der Waals surface area contributed by atoms with Gasteiger partial charge < -0.3 is 22.5 Å². The van der Waals surface area contributed by atoms with Gasteiger partial charge in [-0.05, 0) is 69.1 Å². The molecule has 4 fully saturated rings. The van der Waals surface area contributed by atoms with E-state index >= 15 is 0 Å². The first-order valence-electron chi connectivity index (χ1n) is 8.61. The van der Waals surface area contributed by atoms with Crippen LogP contribution in [-0.2, 0) is 0 Å². The second kappa shape index (κ2) is 6.13. The Bertz CT molecular complexity index is 353. The van der Waals surface area contributed by atoms with Crippen molar-refractivity contribution in [1.82, 2.24) is 5.32 Å². The van der Waals surface area contributed by atoms with E-state index in [1.54, 1.807) is 0 Å². The van der Waals surface area contributed by atoms with Crippen LogP contribution in [0.3, 0.4) is 0 Å². The van der Waals surface area contributed by atoms with Crippen LogP contribution in [0.2, 0.25) is 0 Å². The number of hydrogen-bond acceptors (Lipinski definition) is 3. The highest BCUT2D eigenvalue weighted by Gasteiger charge is 2.50. The first-order valence-corrected chi connectivity index (χ1v) is 8.61. The predicted molar refractivity (Wildman–Crippen MR) is 86.8 cm³/mol. The summed E-state index contributed by atoms with van der Waals surface area (Å²) in [4.78, 5) is 4.01. The van der Waals surface area contributed by atoms with Gasteiger partial charge in [-0.25, -0.2) is 0 Å². The Kier molecular flexibility index (Phi) is 4.41. The minimum atomic E-state index is 0.176. The van der Waals surface area contributed by atoms with Crippen LogP contribution in [0.4, 0.5) is 0 Å². The van der Waals surface area contributed by atoms with Crippen molar-refractivity contribution < 1.29 is 0 Å². The summed E-state index contributed by atoms with van der Waals surface area (Å²) in [6.07, 6.45) is 10.6. The lowest BCUT2D eigenvalue weighted by molar-refractivity contribution is -0.0201. The van der Waals surface area contributed by atoms with Crippen LogP contribution in [-0.4, -0.2) is 30.6 Å².